The van der Waals surface area contributed by atoms with Gasteiger partial charge in [0.15, 0.2) is 6.10 Å². The van der Waals surface area contributed by atoms with Crippen molar-refractivity contribution in [2.45, 2.75) is 33.3 Å². The van der Waals surface area contributed by atoms with Crippen molar-refractivity contribution >= 4 is 5.91 Å². The largest absolute Gasteiger partial charge is 0.481 e. The molecule has 1 N–H and O–H groups in total. The Bertz CT molecular complexity index is 513. The minimum Gasteiger partial charge on any atom is -0.481 e. The van der Waals surface area contributed by atoms with E-state index < -0.39 is 6.10 Å². The maximum absolute atomic E-state index is 12.3. The van der Waals surface area contributed by atoms with E-state index in [0.717, 1.165) is 38.6 Å². The van der Waals surface area contributed by atoms with Crippen molar-refractivity contribution in [3.8, 4) is 5.75 Å². The summed E-state index contributed by atoms with van der Waals surface area (Å²) < 4.78 is 11.2. The molecule has 1 amide bonds. The van der Waals surface area contributed by atoms with Gasteiger partial charge in [-0.2, -0.15) is 0 Å². The molecule has 0 radical (unpaired) electrons. The minimum atomic E-state index is -0.443. The van der Waals surface area contributed by atoms with E-state index in [9.17, 15) is 4.79 Å². The molecule has 2 rings (SSSR count). The maximum atomic E-state index is 12.3. The Morgan fingerprint density at radius 1 is 1.30 bits per heavy atom. The summed E-state index contributed by atoms with van der Waals surface area (Å²) in [5.74, 6) is 0.710. The zero-order chi connectivity index (χ0) is 16.7. The van der Waals surface area contributed by atoms with Crippen LogP contribution in [-0.2, 0) is 9.53 Å². The molecule has 0 unspecified atom stereocenters. The van der Waals surface area contributed by atoms with Gasteiger partial charge in [0.05, 0.1) is 13.2 Å². The summed E-state index contributed by atoms with van der Waals surface area (Å²) >= 11 is 0. The lowest BCUT2D eigenvalue weighted by Gasteiger charge is -2.26. The first-order valence-corrected chi connectivity index (χ1v) is 8.42. The van der Waals surface area contributed by atoms with E-state index in [1.165, 1.54) is 11.1 Å². The molecule has 1 aliphatic rings. The summed E-state index contributed by atoms with van der Waals surface area (Å²) in [5.41, 5.74) is 2.39. The second kappa shape index (κ2) is 8.89. The number of hydrogen-bond donors (Lipinski definition) is 1. The molecule has 0 saturated carbocycles. The van der Waals surface area contributed by atoms with Gasteiger partial charge in [0.2, 0.25) is 0 Å². The molecule has 1 atom stereocenters. The predicted molar refractivity (Wildman–Crippen MR) is 90.9 cm³/mol. The van der Waals surface area contributed by atoms with Crippen molar-refractivity contribution in [1.82, 2.24) is 10.2 Å². The Kier molecular flexibility index (Phi) is 6.86. The van der Waals surface area contributed by atoms with Crippen molar-refractivity contribution in [2.75, 3.05) is 39.4 Å². The van der Waals surface area contributed by atoms with Crippen LogP contribution in [0.5, 0.6) is 5.75 Å². The molecule has 1 fully saturated rings. The zero-order valence-electron chi connectivity index (χ0n) is 14.4. The fourth-order valence-corrected chi connectivity index (χ4v) is 2.55. The van der Waals surface area contributed by atoms with E-state index in [2.05, 4.69) is 17.1 Å². The van der Waals surface area contributed by atoms with Crippen LogP contribution >= 0.6 is 0 Å². The SMILES string of the molecule is CC[C@H](Oc1ccc(C)c(C)c1)C(=O)NCCN1CCOCC1. The van der Waals surface area contributed by atoms with Crippen LogP contribution in [0, 0.1) is 13.8 Å². The number of ether oxygens (including phenoxy) is 2. The first-order valence-electron chi connectivity index (χ1n) is 8.42. The molecule has 1 aliphatic heterocycles. The van der Waals surface area contributed by atoms with E-state index in [0.29, 0.717) is 13.0 Å². The Hall–Kier alpha value is -1.59. The average Bonchev–Trinajstić information content (AvgIpc) is 2.56. The molecule has 5 heteroatoms. The number of amides is 1. The minimum absolute atomic E-state index is 0.0426. The van der Waals surface area contributed by atoms with E-state index in [1.807, 2.05) is 32.0 Å². The third-order valence-electron chi connectivity index (χ3n) is 4.25. The van der Waals surface area contributed by atoms with Crippen molar-refractivity contribution < 1.29 is 14.3 Å². The van der Waals surface area contributed by atoms with E-state index in [-0.39, 0.29) is 5.91 Å². The van der Waals surface area contributed by atoms with Crippen molar-refractivity contribution in [2.24, 2.45) is 0 Å². The highest BCUT2D eigenvalue weighted by atomic mass is 16.5. The maximum Gasteiger partial charge on any atom is 0.261 e. The van der Waals surface area contributed by atoms with Crippen LogP contribution in [0.3, 0.4) is 0 Å². The molecule has 23 heavy (non-hydrogen) atoms. The smallest absolute Gasteiger partial charge is 0.261 e. The summed E-state index contributed by atoms with van der Waals surface area (Å²) in [7, 11) is 0. The number of aryl methyl sites for hydroxylation is 2. The zero-order valence-corrected chi connectivity index (χ0v) is 14.4. The van der Waals surface area contributed by atoms with Gasteiger partial charge in [-0.3, -0.25) is 9.69 Å². The third-order valence-corrected chi connectivity index (χ3v) is 4.25. The van der Waals surface area contributed by atoms with E-state index in [4.69, 9.17) is 9.47 Å². The number of carbonyl (C=O) groups is 1. The van der Waals surface area contributed by atoms with E-state index in [1.54, 1.807) is 0 Å². The quantitative estimate of drug-likeness (QED) is 0.834. The summed E-state index contributed by atoms with van der Waals surface area (Å²) in [6.45, 7) is 11.0. The van der Waals surface area contributed by atoms with Crippen molar-refractivity contribution in [1.29, 1.82) is 0 Å². The van der Waals surface area contributed by atoms with Crippen LogP contribution in [0.15, 0.2) is 18.2 Å². The monoisotopic (exact) mass is 320 g/mol. The van der Waals surface area contributed by atoms with Crippen molar-refractivity contribution in [3.05, 3.63) is 29.3 Å². The summed E-state index contributed by atoms with van der Waals surface area (Å²) in [5, 5.41) is 2.98. The van der Waals surface area contributed by atoms with Gasteiger partial charge in [0.25, 0.3) is 5.91 Å². The summed E-state index contributed by atoms with van der Waals surface area (Å²) in [6, 6.07) is 5.93. The lowest BCUT2D eigenvalue weighted by atomic mass is 10.1. The lowest BCUT2D eigenvalue weighted by molar-refractivity contribution is -0.128. The molecule has 0 aliphatic carbocycles. The first kappa shape index (κ1) is 17.8. The molecular weight excluding hydrogens is 292 g/mol. The van der Waals surface area contributed by atoms with Gasteiger partial charge < -0.3 is 14.8 Å². The van der Waals surface area contributed by atoms with Gasteiger partial charge >= 0.3 is 0 Å². The van der Waals surface area contributed by atoms with Crippen molar-refractivity contribution in [3.63, 3.8) is 0 Å². The Balaban J connectivity index is 1.79. The second-order valence-corrected chi connectivity index (χ2v) is 6.01. The molecule has 128 valence electrons. The van der Waals surface area contributed by atoms with Gasteiger partial charge in [-0.1, -0.05) is 13.0 Å². The predicted octanol–water partition coefficient (Wildman–Crippen LogP) is 1.91. The molecule has 0 aromatic heterocycles. The van der Waals surface area contributed by atoms with Gasteiger partial charge in [-0.15, -0.1) is 0 Å². The van der Waals surface area contributed by atoms with Gasteiger partial charge in [0, 0.05) is 26.2 Å². The number of hydrogen-bond acceptors (Lipinski definition) is 4. The van der Waals surface area contributed by atoms with Gasteiger partial charge in [-0.25, -0.2) is 0 Å². The number of nitrogens with zero attached hydrogens (tertiary/aromatic N) is 1. The van der Waals surface area contributed by atoms with Crippen LogP contribution in [0.1, 0.15) is 24.5 Å². The highest BCUT2D eigenvalue weighted by Gasteiger charge is 2.18. The molecule has 5 nitrogen and oxygen atoms in total. The molecular formula is C18H28N2O3. The Labute approximate surface area is 139 Å². The molecule has 0 spiro atoms. The van der Waals surface area contributed by atoms with Crippen LogP contribution in [0.2, 0.25) is 0 Å². The topological polar surface area (TPSA) is 50.8 Å². The molecule has 1 aromatic rings. The number of rotatable bonds is 7. The fraction of sp³-hybridized carbons (Fsp3) is 0.611. The normalized spacial score (nSPS) is 16.8. The van der Waals surface area contributed by atoms with Gasteiger partial charge in [0.1, 0.15) is 5.75 Å². The van der Waals surface area contributed by atoms with E-state index >= 15 is 0 Å². The second-order valence-electron chi connectivity index (χ2n) is 6.01. The van der Waals surface area contributed by atoms with Gasteiger partial charge in [-0.05, 0) is 43.5 Å². The molecule has 1 saturated heterocycles. The highest BCUT2D eigenvalue weighted by molar-refractivity contribution is 5.81. The number of nitrogens with one attached hydrogen (secondary N) is 1. The standard InChI is InChI=1S/C18H28N2O3/c1-4-17(23-16-6-5-14(2)15(3)13-16)18(21)19-7-8-20-9-11-22-12-10-20/h5-6,13,17H,4,7-12H2,1-3H3,(H,19,21)/t17-/m0/s1. The third kappa shape index (κ3) is 5.52. The van der Waals surface area contributed by atoms with Crippen LogP contribution in [0.4, 0.5) is 0 Å². The number of carbonyl (C=O) groups excluding carboxylic acids is 1. The average molecular weight is 320 g/mol. The molecule has 0 bridgehead atoms. The highest BCUT2D eigenvalue weighted by Crippen LogP contribution is 2.18. The Morgan fingerprint density at radius 3 is 2.70 bits per heavy atom. The summed E-state index contributed by atoms with van der Waals surface area (Å²) in [4.78, 5) is 14.6. The van der Waals surface area contributed by atoms with Crippen LogP contribution in [0.25, 0.3) is 0 Å². The fourth-order valence-electron chi connectivity index (χ4n) is 2.55. The molecule has 1 heterocycles. The number of benzene rings is 1. The Morgan fingerprint density at radius 2 is 2.04 bits per heavy atom. The lowest BCUT2D eigenvalue weighted by Crippen LogP contribution is -2.44. The van der Waals surface area contributed by atoms with Crippen LogP contribution < -0.4 is 10.1 Å². The summed E-state index contributed by atoms with van der Waals surface area (Å²) in [6.07, 6.45) is 0.206. The molecule has 1 aromatic carbocycles. The number of morpholine rings is 1. The first-order chi connectivity index (χ1) is 11.1. The van der Waals surface area contributed by atoms with Crippen LogP contribution in [-0.4, -0.2) is 56.3 Å².